The van der Waals surface area contributed by atoms with Crippen molar-refractivity contribution in [3.63, 3.8) is 0 Å². The number of carbonyl (C=O) groups is 1. The topological polar surface area (TPSA) is 89.3 Å². The number of carbonyl (C=O) groups excluding carboxylic acids is 1. The van der Waals surface area contributed by atoms with E-state index in [1.54, 1.807) is 5.38 Å². The van der Waals surface area contributed by atoms with Gasteiger partial charge in [0.2, 0.25) is 0 Å². The number of primary amides is 1. The maximum Gasteiger partial charge on any atom is 0.262 e. The molecule has 1 heterocycles. The number of benzene rings is 1. The maximum atomic E-state index is 12.7. The first-order chi connectivity index (χ1) is 8.90. The van der Waals surface area contributed by atoms with Crippen LogP contribution in [0.2, 0.25) is 0 Å². The molecule has 0 saturated heterocycles. The van der Waals surface area contributed by atoms with E-state index in [0.29, 0.717) is 0 Å². The van der Waals surface area contributed by atoms with Gasteiger partial charge in [-0.15, -0.1) is 11.3 Å². The number of hydrogen-bond donors (Lipinski definition) is 2. The summed E-state index contributed by atoms with van der Waals surface area (Å²) >= 11 is 1.04. The molecular formula is C11H9FN2O3S2. The predicted octanol–water partition coefficient (Wildman–Crippen LogP) is 1.79. The third kappa shape index (κ3) is 2.91. The van der Waals surface area contributed by atoms with Crippen LogP contribution in [-0.2, 0) is 10.0 Å². The van der Waals surface area contributed by atoms with Crippen molar-refractivity contribution in [3.05, 3.63) is 47.1 Å². The van der Waals surface area contributed by atoms with Gasteiger partial charge in [0.1, 0.15) is 10.8 Å². The Kier molecular flexibility index (Phi) is 3.54. The van der Waals surface area contributed by atoms with Crippen molar-refractivity contribution in [2.45, 2.75) is 4.90 Å². The lowest BCUT2D eigenvalue weighted by atomic mass is 10.3. The number of hydrogen-bond acceptors (Lipinski definition) is 4. The molecule has 8 heteroatoms. The molecule has 1 aromatic heterocycles. The van der Waals surface area contributed by atoms with Crippen LogP contribution < -0.4 is 10.5 Å². The quantitative estimate of drug-likeness (QED) is 0.902. The van der Waals surface area contributed by atoms with Crippen LogP contribution in [0.3, 0.4) is 0 Å². The van der Waals surface area contributed by atoms with Gasteiger partial charge in [-0.25, -0.2) is 12.8 Å². The molecule has 0 aliphatic carbocycles. The number of nitrogens with one attached hydrogen (secondary N) is 1. The third-order valence-corrected chi connectivity index (χ3v) is 4.61. The Hall–Kier alpha value is -1.93. The highest BCUT2D eigenvalue weighted by molar-refractivity contribution is 7.93. The van der Waals surface area contributed by atoms with E-state index in [1.807, 2.05) is 0 Å². The molecule has 0 bridgehead atoms. The summed E-state index contributed by atoms with van der Waals surface area (Å²) in [7, 11) is -3.87. The first-order valence-corrected chi connectivity index (χ1v) is 7.42. The lowest BCUT2D eigenvalue weighted by molar-refractivity contribution is 0.100. The predicted molar refractivity (Wildman–Crippen MR) is 70.0 cm³/mol. The van der Waals surface area contributed by atoms with E-state index < -0.39 is 21.7 Å². The van der Waals surface area contributed by atoms with Crippen LogP contribution in [0.25, 0.3) is 0 Å². The number of amides is 1. The van der Waals surface area contributed by atoms with Crippen molar-refractivity contribution in [2.24, 2.45) is 5.73 Å². The molecule has 100 valence electrons. The zero-order chi connectivity index (χ0) is 14.0. The van der Waals surface area contributed by atoms with E-state index in [0.717, 1.165) is 35.6 Å². The van der Waals surface area contributed by atoms with Gasteiger partial charge in [0.05, 0.1) is 10.5 Å². The standard InChI is InChI=1S/C11H9FN2O3S2/c12-7-1-3-8(4-2-7)19(16,17)14-11-9(10(13)15)5-6-18-11/h1-6,14H,(H2,13,15). The second-order valence-corrected chi connectivity index (χ2v) is 6.19. The minimum Gasteiger partial charge on any atom is -0.366 e. The van der Waals surface area contributed by atoms with Gasteiger partial charge in [-0.3, -0.25) is 9.52 Å². The van der Waals surface area contributed by atoms with Crippen LogP contribution >= 0.6 is 11.3 Å². The summed E-state index contributed by atoms with van der Waals surface area (Å²) in [6, 6.07) is 5.77. The molecule has 5 nitrogen and oxygen atoms in total. The smallest absolute Gasteiger partial charge is 0.262 e. The Balaban J connectivity index is 2.34. The first-order valence-electron chi connectivity index (χ1n) is 5.06. The van der Waals surface area contributed by atoms with Gasteiger partial charge in [-0.2, -0.15) is 0 Å². The van der Waals surface area contributed by atoms with Gasteiger partial charge in [-0.05, 0) is 35.7 Å². The number of anilines is 1. The van der Waals surface area contributed by atoms with Crippen molar-refractivity contribution in [2.75, 3.05) is 4.72 Å². The van der Waals surface area contributed by atoms with Crippen LogP contribution in [0.1, 0.15) is 10.4 Å². The highest BCUT2D eigenvalue weighted by Crippen LogP contribution is 2.25. The summed E-state index contributed by atoms with van der Waals surface area (Å²) in [5, 5.41) is 1.68. The molecule has 0 fully saturated rings. The normalized spacial score (nSPS) is 11.2. The minimum absolute atomic E-state index is 0.0932. The van der Waals surface area contributed by atoms with Crippen molar-refractivity contribution in [1.29, 1.82) is 0 Å². The summed E-state index contributed by atoms with van der Waals surface area (Å²) in [6.45, 7) is 0. The summed E-state index contributed by atoms with van der Waals surface area (Å²) in [6.07, 6.45) is 0. The van der Waals surface area contributed by atoms with E-state index in [4.69, 9.17) is 5.73 Å². The molecule has 1 amide bonds. The summed E-state index contributed by atoms with van der Waals surface area (Å²) < 4.78 is 39.0. The summed E-state index contributed by atoms with van der Waals surface area (Å²) in [4.78, 5) is 11.0. The molecule has 3 N–H and O–H groups in total. The minimum atomic E-state index is -3.87. The van der Waals surface area contributed by atoms with Gasteiger partial charge in [0, 0.05) is 0 Å². The molecule has 0 saturated carbocycles. The molecule has 0 aliphatic rings. The first kappa shape index (κ1) is 13.5. The molecule has 0 atom stereocenters. The lowest BCUT2D eigenvalue weighted by Crippen LogP contribution is -2.17. The Morgan fingerprint density at radius 2 is 1.84 bits per heavy atom. The third-order valence-electron chi connectivity index (χ3n) is 2.28. The van der Waals surface area contributed by atoms with Crippen LogP contribution in [0.4, 0.5) is 9.39 Å². The Labute approximate surface area is 112 Å². The number of thiophene rings is 1. The van der Waals surface area contributed by atoms with Gasteiger partial charge in [0.25, 0.3) is 15.9 Å². The summed E-state index contributed by atoms with van der Waals surface area (Å²) in [5.74, 6) is -1.26. The highest BCUT2D eigenvalue weighted by Gasteiger charge is 2.18. The van der Waals surface area contributed by atoms with Crippen LogP contribution in [0.15, 0.2) is 40.6 Å². The molecule has 0 spiro atoms. The fourth-order valence-electron chi connectivity index (χ4n) is 1.38. The zero-order valence-electron chi connectivity index (χ0n) is 9.46. The Morgan fingerprint density at radius 3 is 2.42 bits per heavy atom. The molecule has 2 aromatic rings. The molecule has 0 unspecified atom stereocenters. The van der Waals surface area contributed by atoms with E-state index in [9.17, 15) is 17.6 Å². The molecule has 0 aliphatic heterocycles. The SMILES string of the molecule is NC(=O)c1ccsc1NS(=O)(=O)c1ccc(F)cc1. The number of halogens is 1. The molecule has 1 aromatic carbocycles. The fraction of sp³-hybridized carbons (Fsp3) is 0. The van der Waals surface area contributed by atoms with Gasteiger partial charge >= 0.3 is 0 Å². The zero-order valence-corrected chi connectivity index (χ0v) is 11.1. The number of rotatable bonds is 4. The number of nitrogens with two attached hydrogens (primary N) is 1. The molecular weight excluding hydrogens is 291 g/mol. The molecule has 0 radical (unpaired) electrons. The average molecular weight is 300 g/mol. The van der Waals surface area contributed by atoms with Crippen molar-refractivity contribution < 1.29 is 17.6 Å². The van der Waals surface area contributed by atoms with Crippen molar-refractivity contribution >= 4 is 32.3 Å². The maximum absolute atomic E-state index is 12.7. The van der Waals surface area contributed by atoms with Gasteiger partial charge < -0.3 is 5.73 Å². The van der Waals surface area contributed by atoms with Crippen LogP contribution in [-0.4, -0.2) is 14.3 Å². The van der Waals surface area contributed by atoms with Gasteiger partial charge in [0.15, 0.2) is 0 Å². The largest absolute Gasteiger partial charge is 0.366 e. The Bertz CT molecular complexity index is 708. The lowest BCUT2D eigenvalue weighted by Gasteiger charge is -2.07. The highest BCUT2D eigenvalue weighted by atomic mass is 32.2. The summed E-state index contributed by atoms with van der Waals surface area (Å²) in [5.41, 5.74) is 5.21. The fourth-order valence-corrected chi connectivity index (χ4v) is 3.50. The Morgan fingerprint density at radius 1 is 1.21 bits per heavy atom. The van der Waals surface area contributed by atoms with Crippen molar-refractivity contribution in [3.8, 4) is 0 Å². The van der Waals surface area contributed by atoms with E-state index in [-0.39, 0.29) is 15.5 Å². The van der Waals surface area contributed by atoms with Crippen LogP contribution in [0, 0.1) is 5.82 Å². The van der Waals surface area contributed by atoms with Crippen LogP contribution in [0.5, 0.6) is 0 Å². The number of sulfonamides is 1. The second kappa shape index (κ2) is 4.98. The second-order valence-electron chi connectivity index (χ2n) is 3.59. The van der Waals surface area contributed by atoms with E-state index >= 15 is 0 Å². The monoisotopic (exact) mass is 300 g/mol. The van der Waals surface area contributed by atoms with E-state index in [2.05, 4.69) is 4.72 Å². The van der Waals surface area contributed by atoms with Crippen molar-refractivity contribution in [1.82, 2.24) is 0 Å². The molecule has 2 rings (SSSR count). The van der Waals surface area contributed by atoms with E-state index in [1.165, 1.54) is 6.07 Å². The molecule has 19 heavy (non-hydrogen) atoms. The average Bonchev–Trinajstić information content (AvgIpc) is 2.77. The van der Waals surface area contributed by atoms with Gasteiger partial charge in [-0.1, -0.05) is 0 Å².